The third kappa shape index (κ3) is 4.62. The molecule has 1 aliphatic rings. The monoisotopic (exact) mass is 366 g/mol. The molecule has 0 aliphatic carbocycles. The van der Waals surface area contributed by atoms with E-state index in [2.05, 4.69) is 41.4 Å². The van der Waals surface area contributed by atoms with E-state index in [0.717, 1.165) is 35.9 Å². The number of anilines is 1. The molecule has 0 unspecified atom stereocenters. The summed E-state index contributed by atoms with van der Waals surface area (Å²) in [5.74, 6) is 1.48. The average molecular weight is 367 g/mol. The number of hydrogen-bond donors (Lipinski definition) is 1. The van der Waals surface area contributed by atoms with E-state index in [1.54, 1.807) is 13.2 Å². The molecule has 0 bridgehead atoms. The van der Waals surface area contributed by atoms with Crippen LogP contribution in [0.15, 0.2) is 42.5 Å². The van der Waals surface area contributed by atoms with Gasteiger partial charge in [0.05, 0.1) is 13.2 Å². The van der Waals surface area contributed by atoms with E-state index in [-0.39, 0.29) is 11.9 Å². The highest BCUT2D eigenvalue weighted by atomic mass is 16.5. The van der Waals surface area contributed by atoms with Crippen LogP contribution in [0.4, 0.5) is 5.69 Å². The Labute approximate surface area is 162 Å². The van der Waals surface area contributed by atoms with Crippen molar-refractivity contribution in [2.75, 3.05) is 25.1 Å². The van der Waals surface area contributed by atoms with E-state index in [4.69, 9.17) is 4.74 Å². The van der Waals surface area contributed by atoms with Crippen LogP contribution in [0, 0.1) is 12.8 Å². The highest BCUT2D eigenvalue weighted by Gasteiger charge is 2.17. The second kappa shape index (κ2) is 8.47. The molecule has 1 aliphatic heterocycles. The lowest BCUT2D eigenvalue weighted by Crippen LogP contribution is -2.34. The van der Waals surface area contributed by atoms with Crippen molar-refractivity contribution in [1.82, 2.24) is 5.32 Å². The number of aryl methyl sites for hydroxylation is 1. The molecule has 27 heavy (non-hydrogen) atoms. The first-order valence-electron chi connectivity index (χ1n) is 9.78. The van der Waals surface area contributed by atoms with Gasteiger partial charge in [-0.3, -0.25) is 4.79 Å². The highest BCUT2D eigenvalue weighted by Crippen LogP contribution is 2.25. The Morgan fingerprint density at radius 1 is 1.22 bits per heavy atom. The number of amides is 1. The van der Waals surface area contributed by atoms with Gasteiger partial charge in [0.15, 0.2) is 0 Å². The number of carbonyl (C=O) groups excluding carboxylic acids is 1. The van der Waals surface area contributed by atoms with Gasteiger partial charge in [0.2, 0.25) is 0 Å². The van der Waals surface area contributed by atoms with Gasteiger partial charge in [-0.15, -0.1) is 0 Å². The van der Waals surface area contributed by atoms with Gasteiger partial charge in [0.25, 0.3) is 5.91 Å². The van der Waals surface area contributed by atoms with E-state index in [1.165, 1.54) is 18.5 Å². The molecule has 1 heterocycles. The van der Waals surface area contributed by atoms with Crippen LogP contribution >= 0.6 is 0 Å². The number of rotatable bonds is 5. The number of piperidine rings is 1. The van der Waals surface area contributed by atoms with Gasteiger partial charge in [0, 0.05) is 24.3 Å². The molecule has 2 atom stereocenters. The smallest absolute Gasteiger partial charge is 0.251 e. The fraction of sp³-hybridized carbons (Fsp3) is 0.435. The van der Waals surface area contributed by atoms with Crippen LogP contribution in [-0.2, 0) is 0 Å². The third-order valence-electron chi connectivity index (χ3n) is 5.42. The van der Waals surface area contributed by atoms with Gasteiger partial charge < -0.3 is 15.0 Å². The van der Waals surface area contributed by atoms with Crippen LogP contribution in [-0.4, -0.2) is 26.1 Å². The molecule has 4 heteroatoms. The molecule has 3 rings (SSSR count). The Morgan fingerprint density at radius 3 is 2.59 bits per heavy atom. The van der Waals surface area contributed by atoms with Crippen molar-refractivity contribution in [3.63, 3.8) is 0 Å². The first kappa shape index (κ1) is 19.3. The molecule has 0 spiro atoms. The first-order chi connectivity index (χ1) is 13.0. The van der Waals surface area contributed by atoms with E-state index in [0.29, 0.717) is 5.56 Å². The van der Waals surface area contributed by atoms with Crippen LogP contribution in [0.2, 0.25) is 0 Å². The molecule has 0 radical (unpaired) electrons. The number of carbonyl (C=O) groups is 1. The van der Waals surface area contributed by atoms with Gasteiger partial charge >= 0.3 is 0 Å². The van der Waals surface area contributed by atoms with Crippen LogP contribution in [0.1, 0.15) is 54.2 Å². The summed E-state index contributed by atoms with van der Waals surface area (Å²) in [4.78, 5) is 15.0. The lowest BCUT2D eigenvalue weighted by atomic mass is 9.99. The number of hydrogen-bond acceptors (Lipinski definition) is 3. The van der Waals surface area contributed by atoms with Crippen LogP contribution < -0.4 is 15.0 Å². The van der Waals surface area contributed by atoms with Crippen molar-refractivity contribution in [3.8, 4) is 5.75 Å². The Morgan fingerprint density at radius 2 is 1.96 bits per heavy atom. The van der Waals surface area contributed by atoms with Gasteiger partial charge in [-0.1, -0.05) is 19.1 Å². The SMILES string of the molecule is COc1ccc(C(=O)N[C@@H](C)c2ccc(N3CCC[C@H](C)C3)cc2)cc1C. The number of benzene rings is 2. The largest absolute Gasteiger partial charge is 0.496 e. The molecule has 0 saturated carbocycles. The lowest BCUT2D eigenvalue weighted by molar-refractivity contribution is 0.0940. The van der Waals surface area contributed by atoms with Crippen LogP contribution in [0.25, 0.3) is 0 Å². The fourth-order valence-corrected chi connectivity index (χ4v) is 3.78. The molecule has 1 saturated heterocycles. The number of nitrogens with zero attached hydrogens (tertiary/aromatic N) is 1. The molecule has 2 aromatic carbocycles. The second-order valence-electron chi connectivity index (χ2n) is 7.66. The van der Waals surface area contributed by atoms with Crippen molar-refractivity contribution >= 4 is 11.6 Å². The van der Waals surface area contributed by atoms with Crippen molar-refractivity contribution in [2.24, 2.45) is 5.92 Å². The van der Waals surface area contributed by atoms with E-state index in [1.807, 2.05) is 26.0 Å². The van der Waals surface area contributed by atoms with Crippen molar-refractivity contribution in [2.45, 2.75) is 39.7 Å². The molecule has 0 aromatic heterocycles. The minimum atomic E-state index is -0.0674. The summed E-state index contributed by atoms with van der Waals surface area (Å²) < 4.78 is 5.26. The fourth-order valence-electron chi connectivity index (χ4n) is 3.78. The highest BCUT2D eigenvalue weighted by molar-refractivity contribution is 5.94. The quantitative estimate of drug-likeness (QED) is 0.832. The molecule has 1 N–H and O–H groups in total. The Hall–Kier alpha value is -2.49. The van der Waals surface area contributed by atoms with Crippen molar-refractivity contribution < 1.29 is 9.53 Å². The molecule has 1 amide bonds. The molecular formula is C23H30N2O2. The summed E-state index contributed by atoms with van der Waals surface area (Å²) in [6.45, 7) is 8.54. The maximum atomic E-state index is 12.6. The van der Waals surface area contributed by atoms with E-state index < -0.39 is 0 Å². The standard InChI is InChI=1S/C23H30N2O2/c1-16-6-5-13-25(15-16)21-10-7-19(8-11-21)18(3)24-23(26)20-9-12-22(27-4)17(2)14-20/h7-12,14,16,18H,5-6,13,15H2,1-4H3,(H,24,26)/t16-,18-/m0/s1. The summed E-state index contributed by atoms with van der Waals surface area (Å²) in [6.07, 6.45) is 2.58. The second-order valence-corrected chi connectivity index (χ2v) is 7.66. The summed E-state index contributed by atoms with van der Waals surface area (Å²) in [6, 6.07) is 14.0. The lowest BCUT2D eigenvalue weighted by Gasteiger charge is -2.33. The first-order valence-corrected chi connectivity index (χ1v) is 9.78. The van der Waals surface area contributed by atoms with Gasteiger partial charge in [-0.05, 0) is 74.1 Å². The normalized spacial score (nSPS) is 18.1. The Kier molecular flexibility index (Phi) is 6.04. The van der Waals surface area contributed by atoms with Crippen molar-refractivity contribution in [1.29, 1.82) is 0 Å². The summed E-state index contributed by atoms with van der Waals surface area (Å²) in [7, 11) is 1.64. The topological polar surface area (TPSA) is 41.6 Å². The minimum Gasteiger partial charge on any atom is -0.496 e. The zero-order valence-electron chi connectivity index (χ0n) is 16.8. The number of methoxy groups -OCH3 is 1. The van der Waals surface area contributed by atoms with Crippen LogP contribution in [0.5, 0.6) is 5.75 Å². The van der Waals surface area contributed by atoms with Gasteiger partial charge in [0.1, 0.15) is 5.75 Å². The van der Waals surface area contributed by atoms with E-state index >= 15 is 0 Å². The molecule has 4 nitrogen and oxygen atoms in total. The average Bonchev–Trinajstić information content (AvgIpc) is 2.68. The van der Waals surface area contributed by atoms with Gasteiger partial charge in [-0.25, -0.2) is 0 Å². The Bertz CT molecular complexity index is 785. The molecule has 1 fully saturated rings. The maximum absolute atomic E-state index is 12.6. The number of nitrogens with one attached hydrogen (secondary N) is 1. The Balaban J connectivity index is 1.64. The van der Waals surface area contributed by atoms with Crippen molar-refractivity contribution in [3.05, 3.63) is 59.2 Å². The molecule has 144 valence electrons. The van der Waals surface area contributed by atoms with E-state index in [9.17, 15) is 4.79 Å². The molecule has 2 aromatic rings. The predicted molar refractivity (Wildman–Crippen MR) is 111 cm³/mol. The summed E-state index contributed by atoms with van der Waals surface area (Å²) in [5, 5.41) is 3.09. The maximum Gasteiger partial charge on any atom is 0.251 e. The zero-order valence-corrected chi connectivity index (χ0v) is 16.8. The summed E-state index contributed by atoms with van der Waals surface area (Å²) in [5.41, 5.74) is 3.99. The van der Waals surface area contributed by atoms with Gasteiger partial charge in [-0.2, -0.15) is 0 Å². The summed E-state index contributed by atoms with van der Waals surface area (Å²) >= 11 is 0. The third-order valence-corrected chi connectivity index (χ3v) is 5.42. The zero-order chi connectivity index (χ0) is 19.4. The van der Waals surface area contributed by atoms with Crippen LogP contribution in [0.3, 0.4) is 0 Å². The minimum absolute atomic E-state index is 0.0470. The molecular weight excluding hydrogens is 336 g/mol. The number of ether oxygens (including phenoxy) is 1. The predicted octanol–water partition coefficient (Wildman–Crippen LogP) is 4.73.